The fraction of sp³-hybridized carbons (Fsp3) is 0. The van der Waals surface area contributed by atoms with E-state index in [4.69, 9.17) is 4.79 Å². The number of halogens is 1. The van der Waals surface area contributed by atoms with Crippen LogP contribution in [0.2, 0.25) is 0 Å². The molecular weight excluding hydrogens is 211 g/mol. The molecular formula is CH6ClNOPRh. The Balaban J connectivity index is -0.00000000500. The van der Waals surface area contributed by atoms with Gasteiger partial charge in [0, 0.05) is 0 Å². The van der Waals surface area contributed by atoms with Crippen molar-refractivity contribution in [2.24, 2.45) is 0 Å². The van der Waals surface area contributed by atoms with Gasteiger partial charge in [0.25, 0.3) is 0 Å². The molecule has 0 amide bonds. The number of nitrogens with two attached hydrogens (primary N) is 1. The van der Waals surface area contributed by atoms with Crippen LogP contribution in [-0.2, 0) is 22.1 Å². The SMILES string of the molecule is P.[CH-]=O.[Cl][Rh+2].[NH2-]. The molecule has 1 unspecified atom stereocenters. The van der Waals surface area contributed by atoms with Crippen LogP contribution < -0.4 is 0 Å². The van der Waals surface area contributed by atoms with E-state index in [-0.39, 0.29) is 16.0 Å². The molecule has 0 aliphatic carbocycles. The van der Waals surface area contributed by atoms with Crippen molar-refractivity contribution in [1.29, 1.82) is 0 Å². The molecule has 0 aliphatic rings. The van der Waals surface area contributed by atoms with E-state index in [2.05, 4.69) is 16.5 Å². The van der Waals surface area contributed by atoms with Gasteiger partial charge >= 0.3 is 27.0 Å². The Kier molecular flexibility index (Phi) is 731. The summed E-state index contributed by atoms with van der Waals surface area (Å²) >= 11 is 2.02. The van der Waals surface area contributed by atoms with Crippen LogP contribution in [0.5, 0.6) is 0 Å². The number of rotatable bonds is 0. The van der Waals surface area contributed by atoms with Crippen LogP contribution in [0.25, 0.3) is 6.15 Å². The van der Waals surface area contributed by atoms with Gasteiger partial charge in [-0.05, 0) is 0 Å². The first-order chi connectivity index (χ1) is 2.00. The molecule has 0 saturated heterocycles. The van der Waals surface area contributed by atoms with Crippen molar-refractivity contribution in [3.05, 3.63) is 6.15 Å². The van der Waals surface area contributed by atoms with Gasteiger partial charge in [0.2, 0.25) is 0 Å². The van der Waals surface area contributed by atoms with Gasteiger partial charge in [-0.25, -0.2) is 0 Å². The van der Waals surface area contributed by atoms with E-state index < -0.39 is 0 Å². The molecule has 0 spiro atoms. The van der Waals surface area contributed by atoms with Crippen LogP contribution in [0.4, 0.5) is 0 Å². The zero-order valence-electron chi connectivity index (χ0n) is 2.98. The van der Waals surface area contributed by atoms with Crippen LogP contribution in [0.3, 0.4) is 0 Å². The quantitative estimate of drug-likeness (QED) is 0.260. The molecule has 1 atom stereocenters. The average molecular weight is 217 g/mol. The molecule has 0 aliphatic heterocycles. The molecule has 0 saturated carbocycles. The van der Waals surface area contributed by atoms with E-state index in [0.717, 1.165) is 0 Å². The Labute approximate surface area is 54.9 Å². The minimum absolute atomic E-state index is 0. The Hall–Kier alpha value is 0.973. The molecule has 42 valence electrons. The number of hydrogen-bond acceptors (Lipinski definition) is 1. The standard InChI is InChI=1S/CHO.ClH.H2N.H3P.Rh/c1-2;;;;/h1H;1H;1H2;1H3;/q-1;;-1;;+3/p-1. The van der Waals surface area contributed by atoms with Gasteiger partial charge in [0.1, 0.15) is 0 Å². The fourth-order valence-corrected chi connectivity index (χ4v) is 0. The first kappa shape index (κ1) is 28.1. The van der Waals surface area contributed by atoms with Gasteiger partial charge in [0.15, 0.2) is 0 Å². The van der Waals surface area contributed by atoms with Crippen LogP contribution >= 0.6 is 19.6 Å². The second-order valence-corrected chi connectivity index (χ2v) is 0. The molecule has 6 heavy (non-hydrogen) atoms. The molecule has 0 rings (SSSR count). The van der Waals surface area contributed by atoms with Gasteiger partial charge in [-0.2, -0.15) is 9.90 Å². The van der Waals surface area contributed by atoms with Crippen LogP contribution in [0.1, 0.15) is 0 Å². The van der Waals surface area contributed by atoms with Crippen molar-refractivity contribution in [2.45, 2.75) is 0 Å². The molecule has 0 heterocycles. The second kappa shape index (κ2) is 156. The van der Waals surface area contributed by atoms with E-state index in [9.17, 15) is 0 Å². The zero-order chi connectivity index (χ0) is 4.00. The van der Waals surface area contributed by atoms with Gasteiger partial charge in [0.05, 0.1) is 0 Å². The van der Waals surface area contributed by atoms with Gasteiger partial charge in [-0.3, -0.25) is 6.79 Å². The average Bonchev–Trinajstić information content (AvgIpc) is 1.50. The van der Waals surface area contributed by atoms with E-state index in [1.807, 2.05) is 17.3 Å². The van der Waals surface area contributed by atoms with E-state index in [1.165, 1.54) is 0 Å². The monoisotopic (exact) mass is 217 g/mol. The molecule has 0 radical (unpaired) electrons. The van der Waals surface area contributed by atoms with Crippen molar-refractivity contribution in [3.63, 3.8) is 0 Å². The summed E-state index contributed by atoms with van der Waals surface area (Å²) in [4.78, 5) is 7.75. The predicted molar refractivity (Wildman–Crippen MR) is 29.0 cm³/mol. The summed E-state index contributed by atoms with van der Waals surface area (Å²) in [5.41, 5.74) is 0. The first-order valence-electron chi connectivity index (χ1n) is 0.362. The van der Waals surface area contributed by atoms with Gasteiger partial charge in [-0.15, -0.1) is 0 Å². The molecule has 2 nitrogen and oxygen atoms in total. The summed E-state index contributed by atoms with van der Waals surface area (Å²) in [7, 11) is 4.53. The summed E-state index contributed by atoms with van der Waals surface area (Å²) in [6.07, 6.45) is 0. The van der Waals surface area contributed by atoms with Crippen LogP contribution in [-0.4, -0.2) is 6.79 Å². The van der Waals surface area contributed by atoms with Crippen molar-refractivity contribution in [3.8, 4) is 0 Å². The molecule has 5 heteroatoms. The minimum Gasteiger partial charge on any atom is -0.693 e. The summed E-state index contributed by atoms with van der Waals surface area (Å²) < 4.78 is 0. The largest absolute Gasteiger partial charge is 0.693 e. The molecule has 0 fully saturated rings. The molecule has 2 N–H and O–H groups in total. The Bertz CT molecular complexity index is 15.5. The second-order valence-electron chi connectivity index (χ2n) is 0. The fourth-order valence-electron chi connectivity index (χ4n) is 0. The van der Waals surface area contributed by atoms with Crippen molar-refractivity contribution >= 4 is 26.4 Å². The third-order valence-electron chi connectivity index (χ3n) is 0. The normalized spacial score (nSPS) is 1.67. The maximum Gasteiger partial charge on any atom is -0.693 e. The van der Waals surface area contributed by atoms with Crippen molar-refractivity contribution in [2.75, 3.05) is 0 Å². The van der Waals surface area contributed by atoms with Gasteiger partial charge in [-0.1, -0.05) is 0 Å². The zero-order valence-corrected chi connectivity index (χ0v) is 6.79. The minimum atomic E-state index is 0. The first-order valence-corrected chi connectivity index (χ1v) is 2.47. The Morgan fingerprint density at radius 2 is 1.33 bits per heavy atom. The predicted octanol–water partition coefficient (Wildman–Crippen LogP) is 1.19. The van der Waals surface area contributed by atoms with E-state index >= 15 is 0 Å². The maximum absolute atomic E-state index is 7.75. The Morgan fingerprint density at radius 3 is 1.33 bits per heavy atom. The number of hydrogen-bond donors (Lipinski definition) is 0. The van der Waals surface area contributed by atoms with Crippen molar-refractivity contribution in [1.82, 2.24) is 0 Å². The van der Waals surface area contributed by atoms with Crippen molar-refractivity contribution < 1.29 is 22.1 Å². The molecule has 0 aromatic heterocycles. The molecule has 0 aromatic carbocycles. The Morgan fingerprint density at radius 1 is 1.33 bits per heavy atom. The third-order valence-corrected chi connectivity index (χ3v) is 0. The molecule has 0 aromatic rings. The molecule has 0 bridgehead atoms. The van der Waals surface area contributed by atoms with Crippen LogP contribution in [0, 0.1) is 0 Å². The summed E-state index contributed by atoms with van der Waals surface area (Å²) in [5, 5.41) is 0. The van der Waals surface area contributed by atoms with Gasteiger partial charge < -0.3 is 10.9 Å². The summed E-state index contributed by atoms with van der Waals surface area (Å²) in [6, 6.07) is 0. The summed E-state index contributed by atoms with van der Waals surface area (Å²) in [6.45, 7) is 3.25. The summed E-state index contributed by atoms with van der Waals surface area (Å²) in [5.74, 6) is 0. The maximum atomic E-state index is 7.75. The number of carbonyl (C=O) groups excluding carboxylic acids is 1. The van der Waals surface area contributed by atoms with Crippen LogP contribution in [0.15, 0.2) is 0 Å². The van der Waals surface area contributed by atoms with E-state index in [1.54, 1.807) is 0 Å². The van der Waals surface area contributed by atoms with E-state index in [0.29, 0.717) is 0 Å². The topological polar surface area (TPSA) is 50.6 Å². The third kappa shape index (κ3) is 82.9. The smallest absolute Gasteiger partial charge is 0.693 e.